The maximum atomic E-state index is 12.3. The second-order valence-corrected chi connectivity index (χ2v) is 8.97. The van der Waals surface area contributed by atoms with Crippen LogP contribution in [0.4, 0.5) is 5.69 Å². The van der Waals surface area contributed by atoms with Gasteiger partial charge in [0.05, 0.1) is 24.6 Å². The quantitative estimate of drug-likeness (QED) is 0.699. The number of nitrogens with one attached hydrogen (secondary N) is 2. The van der Waals surface area contributed by atoms with Crippen LogP contribution in [0.15, 0.2) is 24.3 Å². The summed E-state index contributed by atoms with van der Waals surface area (Å²) in [7, 11) is -3.03. The maximum absolute atomic E-state index is 12.3. The monoisotopic (exact) mass is 381 g/mol. The molecular formula is C18H27N3O4S. The number of nitrogens with zero attached hydrogens (tertiary/aromatic N) is 1. The molecule has 1 heterocycles. The van der Waals surface area contributed by atoms with Gasteiger partial charge in [0.15, 0.2) is 9.84 Å². The molecule has 8 heteroatoms. The van der Waals surface area contributed by atoms with Crippen LogP contribution in [0.1, 0.15) is 25.3 Å². The molecular weight excluding hydrogens is 354 g/mol. The van der Waals surface area contributed by atoms with Crippen LogP contribution >= 0.6 is 0 Å². The van der Waals surface area contributed by atoms with Crippen LogP contribution in [0.3, 0.4) is 0 Å². The Kier molecular flexibility index (Phi) is 7.16. The van der Waals surface area contributed by atoms with Gasteiger partial charge >= 0.3 is 0 Å². The van der Waals surface area contributed by atoms with E-state index in [1.54, 1.807) is 4.90 Å². The molecule has 144 valence electrons. The van der Waals surface area contributed by atoms with E-state index in [9.17, 15) is 18.0 Å². The minimum absolute atomic E-state index is 0.000286. The van der Waals surface area contributed by atoms with Gasteiger partial charge in [-0.05, 0) is 37.9 Å². The number of carbonyl (C=O) groups excluding carboxylic acids is 2. The van der Waals surface area contributed by atoms with E-state index in [4.69, 9.17) is 0 Å². The van der Waals surface area contributed by atoms with Gasteiger partial charge in [-0.15, -0.1) is 0 Å². The van der Waals surface area contributed by atoms with Gasteiger partial charge < -0.3 is 10.6 Å². The van der Waals surface area contributed by atoms with Gasteiger partial charge in [0.1, 0.15) is 0 Å². The summed E-state index contributed by atoms with van der Waals surface area (Å²) in [6.45, 7) is 4.69. The normalized spacial score (nSPS) is 18.7. The van der Waals surface area contributed by atoms with E-state index in [2.05, 4.69) is 10.6 Å². The Morgan fingerprint density at radius 1 is 1.19 bits per heavy atom. The molecule has 1 aromatic carbocycles. The Balaban J connectivity index is 1.86. The molecule has 0 aromatic heterocycles. The number of benzene rings is 1. The van der Waals surface area contributed by atoms with E-state index in [-0.39, 0.29) is 42.5 Å². The molecule has 1 atom stereocenters. The maximum Gasteiger partial charge on any atom is 0.238 e. The number of hydrogen-bond donors (Lipinski definition) is 2. The van der Waals surface area contributed by atoms with Crippen molar-refractivity contribution in [3.63, 3.8) is 0 Å². The number of aryl methyl sites for hydroxylation is 1. The number of carbonyl (C=O) groups is 2. The molecule has 7 nitrogen and oxygen atoms in total. The third-order valence-corrected chi connectivity index (χ3v) is 6.06. The Morgan fingerprint density at radius 2 is 1.88 bits per heavy atom. The van der Waals surface area contributed by atoms with Gasteiger partial charge in [-0.3, -0.25) is 14.5 Å². The molecule has 0 radical (unpaired) electrons. The molecule has 1 aromatic rings. The van der Waals surface area contributed by atoms with E-state index in [1.807, 2.05) is 38.1 Å². The molecule has 2 amide bonds. The molecule has 1 aliphatic rings. The van der Waals surface area contributed by atoms with Crippen molar-refractivity contribution in [1.82, 2.24) is 10.2 Å². The number of amides is 2. The summed E-state index contributed by atoms with van der Waals surface area (Å²) in [5, 5.41) is 5.63. The minimum atomic E-state index is -3.03. The van der Waals surface area contributed by atoms with Crippen molar-refractivity contribution < 1.29 is 18.0 Å². The first-order valence-corrected chi connectivity index (χ1v) is 10.7. The van der Waals surface area contributed by atoms with Crippen LogP contribution in [0.2, 0.25) is 0 Å². The van der Waals surface area contributed by atoms with Gasteiger partial charge in [0, 0.05) is 11.7 Å². The van der Waals surface area contributed by atoms with E-state index >= 15 is 0 Å². The predicted octanol–water partition coefficient (Wildman–Crippen LogP) is 0.949. The molecule has 1 saturated heterocycles. The number of para-hydroxylation sites is 1. The van der Waals surface area contributed by atoms with Crippen molar-refractivity contribution in [2.24, 2.45) is 0 Å². The minimum Gasteiger partial charge on any atom is -0.351 e. The van der Waals surface area contributed by atoms with Gasteiger partial charge in [0.25, 0.3) is 0 Å². The zero-order valence-corrected chi connectivity index (χ0v) is 16.1. The topological polar surface area (TPSA) is 95.6 Å². The van der Waals surface area contributed by atoms with Crippen molar-refractivity contribution in [3.8, 4) is 0 Å². The molecule has 26 heavy (non-hydrogen) atoms. The van der Waals surface area contributed by atoms with E-state index in [0.29, 0.717) is 13.0 Å². The van der Waals surface area contributed by atoms with Gasteiger partial charge in [-0.2, -0.15) is 0 Å². The van der Waals surface area contributed by atoms with E-state index in [1.165, 1.54) is 0 Å². The fourth-order valence-electron chi connectivity index (χ4n) is 3.02. The highest BCUT2D eigenvalue weighted by Crippen LogP contribution is 2.13. The third-order valence-electron chi connectivity index (χ3n) is 4.29. The first-order valence-electron chi connectivity index (χ1n) is 8.86. The zero-order valence-electron chi connectivity index (χ0n) is 15.3. The largest absolute Gasteiger partial charge is 0.351 e. The Labute approximate surface area is 155 Å². The van der Waals surface area contributed by atoms with Crippen molar-refractivity contribution in [3.05, 3.63) is 29.8 Å². The second kappa shape index (κ2) is 9.14. The first-order chi connectivity index (χ1) is 12.3. The lowest BCUT2D eigenvalue weighted by atomic mass is 10.2. The van der Waals surface area contributed by atoms with Crippen LogP contribution in [0, 0.1) is 6.92 Å². The van der Waals surface area contributed by atoms with Crippen LogP contribution in [-0.4, -0.2) is 62.3 Å². The third kappa shape index (κ3) is 6.42. The highest BCUT2D eigenvalue weighted by molar-refractivity contribution is 7.91. The Morgan fingerprint density at radius 3 is 2.50 bits per heavy atom. The summed E-state index contributed by atoms with van der Waals surface area (Å²) < 4.78 is 23.0. The second-order valence-electron chi connectivity index (χ2n) is 6.74. The fourth-order valence-corrected chi connectivity index (χ4v) is 4.69. The molecule has 0 spiro atoms. The summed E-state index contributed by atoms with van der Waals surface area (Å²) in [4.78, 5) is 26.3. The smallest absolute Gasteiger partial charge is 0.238 e. The average molecular weight is 381 g/mol. The lowest BCUT2D eigenvalue weighted by Gasteiger charge is -2.22. The molecule has 1 aliphatic heterocycles. The average Bonchev–Trinajstić information content (AvgIpc) is 2.88. The number of anilines is 1. The molecule has 0 aliphatic carbocycles. The Bertz CT molecular complexity index is 749. The number of hydrogen-bond acceptors (Lipinski definition) is 5. The highest BCUT2D eigenvalue weighted by Gasteiger charge is 2.29. The van der Waals surface area contributed by atoms with Crippen LogP contribution in [0.25, 0.3) is 0 Å². The molecule has 2 rings (SSSR count). The van der Waals surface area contributed by atoms with Crippen molar-refractivity contribution in [1.29, 1.82) is 0 Å². The van der Waals surface area contributed by atoms with E-state index < -0.39 is 9.84 Å². The molecule has 2 N–H and O–H groups in total. The van der Waals surface area contributed by atoms with Gasteiger partial charge in [0.2, 0.25) is 11.8 Å². The van der Waals surface area contributed by atoms with Gasteiger partial charge in [-0.1, -0.05) is 25.1 Å². The van der Waals surface area contributed by atoms with E-state index in [0.717, 1.165) is 17.7 Å². The zero-order chi connectivity index (χ0) is 19.2. The fraction of sp³-hybridized carbons (Fsp3) is 0.556. The van der Waals surface area contributed by atoms with Crippen LogP contribution in [-0.2, 0) is 19.4 Å². The summed E-state index contributed by atoms with van der Waals surface area (Å²) in [6.07, 6.45) is 1.26. The number of rotatable bonds is 8. The molecule has 0 saturated carbocycles. The van der Waals surface area contributed by atoms with Crippen molar-refractivity contribution >= 4 is 27.3 Å². The standard InChI is InChI=1S/C18H27N3O4S/c1-3-9-21(11-17(22)19-15-8-10-26(24,25)13-15)12-18(23)20-16-7-5-4-6-14(16)2/h4-7,15H,3,8-13H2,1-2H3,(H,19,22)(H,20,23)/t15-/m0/s1. The molecule has 1 fully saturated rings. The Hall–Kier alpha value is -1.93. The van der Waals surface area contributed by atoms with Crippen molar-refractivity contribution in [2.45, 2.75) is 32.7 Å². The summed E-state index contributed by atoms with van der Waals surface area (Å²) >= 11 is 0. The SMILES string of the molecule is CCCN(CC(=O)Nc1ccccc1C)CC(=O)N[C@H]1CCS(=O)(=O)C1. The summed E-state index contributed by atoms with van der Waals surface area (Å²) in [6, 6.07) is 7.20. The van der Waals surface area contributed by atoms with Gasteiger partial charge in [-0.25, -0.2) is 8.42 Å². The summed E-state index contributed by atoms with van der Waals surface area (Å²) in [5.41, 5.74) is 1.73. The van der Waals surface area contributed by atoms with Crippen molar-refractivity contribution in [2.75, 3.05) is 36.5 Å². The first kappa shape index (κ1) is 20.4. The predicted molar refractivity (Wildman–Crippen MR) is 102 cm³/mol. The van der Waals surface area contributed by atoms with Crippen LogP contribution in [0.5, 0.6) is 0 Å². The molecule has 0 unspecified atom stereocenters. The highest BCUT2D eigenvalue weighted by atomic mass is 32.2. The van der Waals surface area contributed by atoms with Crippen LogP contribution < -0.4 is 10.6 Å². The molecule has 0 bridgehead atoms. The lowest BCUT2D eigenvalue weighted by molar-refractivity contribution is -0.123. The summed E-state index contributed by atoms with van der Waals surface area (Å²) in [5.74, 6) is -0.302. The number of sulfone groups is 1. The lowest BCUT2D eigenvalue weighted by Crippen LogP contribution is -2.45.